The number of rotatable bonds is 5. The van der Waals surface area contributed by atoms with E-state index in [4.69, 9.17) is 0 Å². The summed E-state index contributed by atoms with van der Waals surface area (Å²) in [6, 6.07) is 6.96. The van der Waals surface area contributed by atoms with Crippen LogP contribution >= 0.6 is 0 Å². The van der Waals surface area contributed by atoms with E-state index >= 15 is 0 Å². The summed E-state index contributed by atoms with van der Waals surface area (Å²) in [6.45, 7) is 7.26. The van der Waals surface area contributed by atoms with Crippen LogP contribution in [-0.4, -0.2) is 58.6 Å². The molecule has 0 spiro atoms. The number of amides is 1. The van der Waals surface area contributed by atoms with Crippen molar-refractivity contribution in [2.45, 2.75) is 26.9 Å². The molecule has 0 radical (unpaired) electrons. The van der Waals surface area contributed by atoms with Gasteiger partial charge in [-0.2, -0.15) is 4.39 Å². The molecule has 33 heavy (non-hydrogen) atoms. The Labute approximate surface area is 189 Å². The van der Waals surface area contributed by atoms with E-state index in [1.165, 1.54) is 17.7 Å². The van der Waals surface area contributed by atoms with Crippen LogP contribution in [0.1, 0.15) is 28.5 Å². The van der Waals surface area contributed by atoms with E-state index in [0.717, 1.165) is 11.1 Å². The summed E-state index contributed by atoms with van der Waals surface area (Å²) in [7, 11) is 1.48. The van der Waals surface area contributed by atoms with Gasteiger partial charge in [-0.1, -0.05) is 6.07 Å². The molecule has 4 rings (SSSR count). The predicted molar refractivity (Wildman–Crippen MR) is 124 cm³/mol. The van der Waals surface area contributed by atoms with Crippen molar-refractivity contribution >= 4 is 22.5 Å². The van der Waals surface area contributed by atoms with Crippen LogP contribution in [0.3, 0.4) is 0 Å². The number of carbonyl (C=O) groups is 1. The topological polar surface area (TPSA) is 103 Å². The number of pyridine rings is 1. The minimum atomic E-state index is -0.656. The second-order valence-corrected chi connectivity index (χ2v) is 8.16. The molecule has 0 saturated carbocycles. The summed E-state index contributed by atoms with van der Waals surface area (Å²) in [5.74, 6) is -1.08. The van der Waals surface area contributed by atoms with Crippen LogP contribution in [0.5, 0.6) is 0 Å². The molecule has 1 aromatic carbocycles. The Morgan fingerprint density at radius 2 is 1.91 bits per heavy atom. The maximum Gasteiger partial charge on any atom is 0.328 e. The normalized spacial score (nSPS) is 14.6. The molecule has 0 unspecified atom stereocenters. The number of hydrogen-bond acceptors (Lipinski definition) is 6. The number of carbonyl (C=O) groups excluding carboxylic acids is 1. The minimum Gasteiger partial charge on any atom is -0.365 e. The smallest absolute Gasteiger partial charge is 0.328 e. The molecule has 2 N–H and O–H groups in total. The van der Waals surface area contributed by atoms with Crippen molar-refractivity contribution in [3.63, 3.8) is 0 Å². The Morgan fingerprint density at radius 3 is 2.55 bits per heavy atom. The first kappa shape index (κ1) is 22.7. The van der Waals surface area contributed by atoms with Gasteiger partial charge >= 0.3 is 5.69 Å². The Hall–Kier alpha value is -3.53. The average molecular weight is 455 g/mol. The molecule has 2 aromatic heterocycles. The molecule has 0 atom stereocenters. The summed E-state index contributed by atoms with van der Waals surface area (Å²) in [5, 5.41) is 2.97. The molecule has 1 fully saturated rings. The molecule has 1 aliphatic heterocycles. The van der Waals surface area contributed by atoms with Crippen LogP contribution in [0, 0.1) is 12.9 Å². The number of halogens is 1. The first-order valence-electron chi connectivity index (χ1n) is 10.9. The van der Waals surface area contributed by atoms with E-state index in [2.05, 4.69) is 20.2 Å². The van der Waals surface area contributed by atoms with Gasteiger partial charge in [0.1, 0.15) is 5.69 Å². The van der Waals surface area contributed by atoms with E-state index in [1.807, 2.05) is 24.0 Å². The fourth-order valence-electron chi connectivity index (χ4n) is 4.36. The number of piperazine rings is 1. The molecule has 3 heterocycles. The highest BCUT2D eigenvalue weighted by Gasteiger charge is 2.22. The Kier molecular flexibility index (Phi) is 6.28. The second kappa shape index (κ2) is 9.14. The lowest BCUT2D eigenvalue weighted by atomic mass is 10.1. The van der Waals surface area contributed by atoms with Crippen molar-refractivity contribution in [1.29, 1.82) is 0 Å². The van der Waals surface area contributed by atoms with E-state index in [1.54, 1.807) is 13.0 Å². The van der Waals surface area contributed by atoms with Gasteiger partial charge in [-0.25, -0.2) is 9.78 Å². The quantitative estimate of drug-likeness (QED) is 0.563. The number of H-pyrrole nitrogens is 1. The molecule has 0 bridgehead atoms. The molecule has 1 aliphatic rings. The van der Waals surface area contributed by atoms with Crippen LogP contribution < -0.4 is 21.5 Å². The van der Waals surface area contributed by atoms with Crippen molar-refractivity contribution in [3.8, 4) is 0 Å². The second-order valence-electron chi connectivity index (χ2n) is 8.16. The number of benzene rings is 1. The maximum absolute atomic E-state index is 14.5. The summed E-state index contributed by atoms with van der Waals surface area (Å²) < 4.78 is 15.7. The fourth-order valence-corrected chi connectivity index (χ4v) is 4.36. The molecular weight excluding hydrogens is 427 g/mol. The highest BCUT2D eigenvalue weighted by atomic mass is 19.1. The van der Waals surface area contributed by atoms with Crippen LogP contribution in [0.15, 0.2) is 33.9 Å². The number of nitrogens with zero attached hydrogens (tertiary/aromatic N) is 4. The predicted octanol–water partition coefficient (Wildman–Crippen LogP) is 1.23. The third kappa shape index (κ3) is 4.38. The van der Waals surface area contributed by atoms with Crippen LogP contribution in [0.25, 0.3) is 10.9 Å². The molecule has 1 amide bonds. The van der Waals surface area contributed by atoms with Gasteiger partial charge in [0, 0.05) is 46.3 Å². The maximum atomic E-state index is 14.5. The number of aromatic nitrogens is 3. The zero-order valence-corrected chi connectivity index (χ0v) is 18.9. The number of anilines is 1. The zero-order chi connectivity index (χ0) is 23.7. The Bertz CT molecular complexity index is 1320. The van der Waals surface area contributed by atoms with Crippen molar-refractivity contribution < 1.29 is 9.18 Å². The monoisotopic (exact) mass is 454 g/mol. The van der Waals surface area contributed by atoms with E-state index in [9.17, 15) is 18.8 Å². The van der Waals surface area contributed by atoms with Crippen LogP contribution in [-0.2, 0) is 13.1 Å². The SMILES string of the molecule is CCn1c(=O)[nH]c2cc(CN3CCN(c4ccc(C(=O)NC)nc4F)CC3)cc(C)c2c1=O. The molecule has 9 nitrogen and oxygen atoms in total. The van der Waals surface area contributed by atoms with Gasteiger partial charge in [-0.05, 0) is 43.2 Å². The third-order valence-corrected chi connectivity index (χ3v) is 6.07. The largest absolute Gasteiger partial charge is 0.365 e. The minimum absolute atomic E-state index is 0.0489. The number of aryl methyl sites for hydroxylation is 1. The highest BCUT2D eigenvalue weighted by Crippen LogP contribution is 2.22. The molecule has 174 valence electrons. The van der Waals surface area contributed by atoms with Crippen LogP contribution in [0.4, 0.5) is 10.1 Å². The van der Waals surface area contributed by atoms with Crippen molar-refractivity contribution in [2.24, 2.45) is 0 Å². The van der Waals surface area contributed by atoms with Crippen molar-refractivity contribution in [2.75, 3.05) is 38.1 Å². The lowest BCUT2D eigenvalue weighted by Crippen LogP contribution is -2.46. The number of nitrogens with one attached hydrogen (secondary N) is 2. The van der Waals surface area contributed by atoms with E-state index < -0.39 is 17.5 Å². The van der Waals surface area contributed by atoms with E-state index in [-0.39, 0.29) is 11.3 Å². The molecule has 3 aromatic rings. The third-order valence-electron chi connectivity index (χ3n) is 6.07. The van der Waals surface area contributed by atoms with Gasteiger partial charge in [0.2, 0.25) is 5.95 Å². The van der Waals surface area contributed by atoms with Crippen molar-refractivity contribution in [3.05, 3.63) is 67.9 Å². The average Bonchev–Trinajstić information content (AvgIpc) is 2.79. The van der Waals surface area contributed by atoms with E-state index in [0.29, 0.717) is 55.9 Å². The number of aromatic amines is 1. The summed E-state index contributed by atoms with van der Waals surface area (Å²) in [5.41, 5.74) is 2.13. The first-order valence-corrected chi connectivity index (χ1v) is 10.9. The Morgan fingerprint density at radius 1 is 1.18 bits per heavy atom. The molecule has 0 aliphatic carbocycles. The van der Waals surface area contributed by atoms with Gasteiger partial charge in [0.25, 0.3) is 11.5 Å². The van der Waals surface area contributed by atoms with Gasteiger partial charge < -0.3 is 15.2 Å². The zero-order valence-electron chi connectivity index (χ0n) is 18.9. The van der Waals surface area contributed by atoms with Crippen molar-refractivity contribution in [1.82, 2.24) is 24.8 Å². The standard InChI is InChI=1S/C23H27FN6O3/c1-4-30-22(32)19-14(2)11-15(12-17(19)27-23(30)33)13-28-7-9-29(10-8-28)18-6-5-16(21(31)25-3)26-20(18)24/h5-6,11-12H,4,7-10,13H2,1-3H3,(H,25,31)(H,27,33). The number of fused-ring (bicyclic) bond motifs is 1. The highest BCUT2D eigenvalue weighted by molar-refractivity contribution is 5.92. The first-order chi connectivity index (χ1) is 15.8. The summed E-state index contributed by atoms with van der Waals surface area (Å²) in [4.78, 5) is 47.3. The molecule has 1 saturated heterocycles. The summed E-state index contributed by atoms with van der Waals surface area (Å²) >= 11 is 0. The van der Waals surface area contributed by atoms with Gasteiger partial charge in [-0.3, -0.25) is 19.1 Å². The lowest BCUT2D eigenvalue weighted by Gasteiger charge is -2.36. The van der Waals surface area contributed by atoms with Gasteiger partial charge in [0.05, 0.1) is 16.6 Å². The summed E-state index contributed by atoms with van der Waals surface area (Å²) in [6.07, 6.45) is 0. The fraction of sp³-hybridized carbons (Fsp3) is 0.391. The number of hydrogen-bond donors (Lipinski definition) is 2. The van der Waals surface area contributed by atoms with Gasteiger partial charge in [0.15, 0.2) is 0 Å². The van der Waals surface area contributed by atoms with Gasteiger partial charge in [-0.15, -0.1) is 0 Å². The lowest BCUT2D eigenvalue weighted by molar-refractivity contribution is 0.0957. The Balaban J connectivity index is 1.48. The van der Waals surface area contributed by atoms with Crippen LogP contribution in [0.2, 0.25) is 0 Å². The molecular formula is C23H27FN6O3. The molecule has 10 heteroatoms.